The molecule has 2 heterocycles. The summed E-state index contributed by atoms with van der Waals surface area (Å²) >= 11 is 7.33. The summed E-state index contributed by atoms with van der Waals surface area (Å²) in [6, 6.07) is 12.3. The van der Waals surface area contributed by atoms with E-state index in [1.165, 1.54) is 24.9 Å². The van der Waals surface area contributed by atoms with E-state index < -0.39 is 11.5 Å². The second-order valence-corrected chi connectivity index (χ2v) is 8.55. The van der Waals surface area contributed by atoms with Crippen LogP contribution in [0, 0.1) is 0 Å². The van der Waals surface area contributed by atoms with Gasteiger partial charge in [-0.1, -0.05) is 41.6 Å². The van der Waals surface area contributed by atoms with Crippen LogP contribution in [0.4, 0.5) is 5.82 Å². The Morgan fingerprint density at radius 2 is 2.00 bits per heavy atom. The molecule has 1 aliphatic rings. The lowest BCUT2D eigenvalue weighted by Crippen LogP contribution is -2.33. The second kappa shape index (κ2) is 8.64. The number of phenolic OH excluding ortho intramolecular Hbond substituents is 1. The molecule has 0 saturated carbocycles. The van der Waals surface area contributed by atoms with Crippen molar-refractivity contribution in [1.82, 2.24) is 9.55 Å². The number of methoxy groups -OCH3 is 1. The molecular formula is C22H20ClN3O4S. The molecule has 1 aromatic heterocycles. The number of nitrogens with zero attached hydrogens (tertiary/aromatic N) is 2. The molecule has 2 aromatic carbocycles. The minimum absolute atomic E-state index is 0.0487. The van der Waals surface area contributed by atoms with Gasteiger partial charge in [0.1, 0.15) is 5.82 Å². The first-order valence-electron chi connectivity index (χ1n) is 9.52. The van der Waals surface area contributed by atoms with Crippen LogP contribution in [-0.4, -0.2) is 27.7 Å². The smallest absolute Gasteiger partial charge is 0.279 e. The van der Waals surface area contributed by atoms with Gasteiger partial charge < -0.3 is 19.7 Å². The molecule has 0 radical (unpaired) electrons. The Kier molecular flexibility index (Phi) is 5.93. The van der Waals surface area contributed by atoms with Crippen LogP contribution in [0.2, 0.25) is 5.02 Å². The second-order valence-electron chi connectivity index (χ2n) is 7.17. The first kappa shape index (κ1) is 21.3. The number of aromatic nitrogens is 2. The number of thioether (sulfide) groups is 1. The third-order valence-electron chi connectivity index (χ3n) is 5.19. The number of ether oxygens (including phenoxy) is 1. The zero-order valence-electron chi connectivity index (χ0n) is 16.9. The largest absolute Gasteiger partial charge is 0.504 e. The van der Waals surface area contributed by atoms with Crippen molar-refractivity contribution < 1.29 is 14.6 Å². The number of hydrogen-bond acceptors (Lipinski definition) is 6. The fourth-order valence-electron chi connectivity index (χ4n) is 3.60. The summed E-state index contributed by atoms with van der Waals surface area (Å²) in [4.78, 5) is 29.7. The van der Waals surface area contributed by atoms with Gasteiger partial charge in [0.2, 0.25) is 5.91 Å². The van der Waals surface area contributed by atoms with Crippen LogP contribution < -0.4 is 15.6 Å². The highest BCUT2D eigenvalue weighted by Crippen LogP contribution is 2.39. The molecule has 0 fully saturated rings. The zero-order valence-corrected chi connectivity index (χ0v) is 18.5. The number of hydrogen-bond donors (Lipinski definition) is 2. The summed E-state index contributed by atoms with van der Waals surface area (Å²) in [5.41, 5.74) is 1.70. The van der Waals surface area contributed by atoms with Crippen molar-refractivity contribution in [2.24, 2.45) is 7.05 Å². The van der Waals surface area contributed by atoms with Gasteiger partial charge in [0.15, 0.2) is 16.7 Å². The van der Waals surface area contributed by atoms with Gasteiger partial charge in [0, 0.05) is 30.2 Å². The lowest BCUT2D eigenvalue weighted by Gasteiger charge is -2.27. The SMILES string of the molecule is COc1ccc([C@H]2CC(=O)Nc3c2c(=O)nc(SCc2ccc(Cl)cc2)n3C)cc1O. The van der Waals surface area contributed by atoms with Crippen molar-refractivity contribution in [3.05, 3.63) is 74.5 Å². The van der Waals surface area contributed by atoms with Crippen molar-refractivity contribution in [1.29, 1.82) is 0 Å². The normalized spacial score (nSPS) is 15.3. The van der Waals surface area contributed by atoms with E-state index in [4.69, 9.17) is 16.3 Å². The van der Waals surface area contributed by atoms with Crippen molar-refractivity contribution in [2.45, 2.75) is 23.2 Å². The Bertz CT molecular complexity index is 1210. The zero-order chi connectivity index (χ0) is 22.1. The van der Waals surface area contributed by atoms with Gasteiger partial charge in [-0.25, -0.2) is 0 Å². The lowest BCUT2D eigenvalue weighted by atomic mass is 9.86. The number of halogens is 1. The molecule has 0 spiro atoms. The van der Waals surface area contributed by atoms with E-state index in [-0.39, 0.29) is 18.1 Å². The van der Waals surface area contributed by atoms with Crippen LogP contribution in [-0.2, 0) is 17.6 Å². The molecule has 0 saturated heterocycles. The van der Waals surface area contributed by atoms with Crippen LogP contribution in [0.25, 0.3) is 0 Å². The Morgan fingerprint density at radius 3 is 2.68 bits per heavy atom. The molecule has 1 amide bonds. The highest BCUT2D eigenvalue weighted by Gasteiger charge is 2.32. The van der Waals surface area contributed by atoms with Crippen LogP contribution >= 0.6 is 23.4 Å². The molecule has 1 aliphatic heterocycles. The first-order valence-corrected chi connectivity index (χ1v) is 10.9. The molecule has 4 rings (SSSR count). The number of nitrogens with one attached hydrogen (secondary N) is 1. The number of aromatic hydroxyl groups is 1. The minimum Gasteiger partial charge on any atom is -0.504 e. The Labute approximate surface area is 188 Å². The van der Waals surface area contributed by atoms with Crippen LogP contribution in [0.5, 0.6) is 11.5 Å². The lowest BCUT2D eigenvalue weighted by molar-refractivity contribution is -0.116. The number of benzene rings is 2. The Morgan fingerprint density at radius 1 is 1.26 bits per heavy atom. The van der Waals surface area contributed by atoms with Gasteiger partial charge in [-0.05, 0) is 35.4 Å². The molecule has 0 aliphatic carbocycles. The number of carbonyl (C=O) groups is 1. The van der Waals surface area contributed by atoms with Crippen molar-refractivity contribution in [3.63, 3.8) is 0 Å². The molecule has 9 heteroatoms. The maximum atomic E-state index is 13.0. The average molecular weight is 458 g/mol. The monoisotopic (exact) mass is 457 g/mol. The van der Waals surface area contributed by atoms with E-state index >= 15 is 0 Å². The summed E-state index contributed by atoms with van der Waals surface area (Å²) < 4.78 is 6.82. The minimum atomic E-state index is -0.512. The predicted molar refractivity (Wildman–Crippen MR) is 120 cm³/mol. The van der Waals surface area contributed by atoms with E-state index in [9.17, 15) is 14.7 Å². The highest BCUT2D eigenvalue weighted by atomic mass is 35.5. The molecular weight excluding hydrogens is 438 g/mol. The van der Waals surface area contributed by atoms with Gasteiger partial charge in [-0.3, -0.25) is 9.59 Å². The number of fused-ring (bicyclic) bond motifs is 1. The average Bonchev–Trinajstić information content (AvgIpc) is 2.75. The van der Waals surface area contributed by atoms with E-state index in [0.717, 1.165) is 5.56 Å². The maximum Gasteiger partial charge on any atom is 0.279 e. The summed E-state index contributed by atoms with van der Waals surface area (Å²) in [5, 5.41) is 14.1. The molecule has 0 unspecified atom stereocenters. The van der Waals surface area contributed by atoms with Crippen LogP contribution in [0.3, 0.4) is 0 Å². The highest BCUT2D eigenvalue weighted by molar-refractivity contribution is 7.98. The number of phenols is 1. The van der Waals surface area contributed by atoms with Gasteiger partial charge in [0.25, 0.3) is 5.56 Å². The molecule has 31 heavy (non-hydrogen) atoms. The van der Waals surface area contributed by atoms with Crippen molar-refractivity contribution in [2.75, 3.05) is 12.4 Å². The number of rotatable bonds is 5. The molecule has 0 bridgehead atoms. The molecule has 3 aromatic rings. The summed E-state index contributed by atoms with van der Waals surface area (Å²) in [6.45, 7) is 0. The first-order chi connectivity index (χ1) is 14.9. The van der Waals surface area contributed by atoms with E-state index in [1.807, 2.05) is 24.3 Å². The third-order valence-corrected chi connectivity index (χ3v) is 6.54. The summed E-state index contributed by atoms with van der Waals surface area (Å²) in [6.07, 6.45) is 0.0902. The predicted octanol–water partition coefficient (Wildman–Crippen LogP) is 3.91. The van der Waals surface area contributed by atoms with E-state index in [0.29, 0.717) is 38.6 Å². The van der Waals surface area contributed by atoms with Gasteiger partial charge in [-0.2, -0.15) is 4.98 Å². The van der Waals surface area contributed by atoms with Gasteiger partial charge >= 0.3 is 0 Å². The fourth-order valence-corrected chi connectivity index (χ4v) is 4.65. The molecule has 160 valence electrons. The van der Waals surface area contributed by atoms with E-state index in [1.54, 1.807) is 23.7 Å². The third kappa shape index (κ3) is 4.26. The Hall–Kier alpha value is -2.97. The quantitative estimate of drug-likeness (QED) is 0.445. The van der Waals surface area contributed by atoms with Gasteiger partial charge in [-0.15, -0.1) is 0 Å². The van der Waals surface area contributed by atoms with Gasteiger partial charge in [0.05, 0.1) is 12.7 Å². The summed E-state index contributed by atoms with van der Waals surface area (Å²) in [5.74, 6) is 0.580. The Balaban J connectivity index is 1.70. The van der Waals surface area contributed by atoms with Crippen LogP contribution in [0.1, 0.15) is 29.0 Å². The molecule has 7 nitrogen and oxygen atoms in total. The number of anilines is 1. The molecule has 2 N–H and O–H groups in total. The summed E-state index contributed by atoms with van der Waals surface area (Å²) in [7, 11) is 3.23. The maximum absolute atomic E-state index is 13.0. The van der Waals surface area contributed by atoms with E-state index in [2.05, 4.69) is 10.3 Å². The molecule has 1 atom stereocenters. The fraction of sp³-hybridized carbons (Fsp3) is 0.227. The number of amides is 1. The number of carbonyl (C=O) groups excluding carboxylic acids is 1. The van der Waals surface area contributed by atoms with Crippen molar-refractivity contribution >= 4 is 35.1 Å². The standard InChI is InChI=1S/C22H20ClN3O4S/c1-26-20-19(21(29)25-22(26)31-11-12-3-6-14(23)7-4-12)15(10-18(28)24-20)13-5-8-17(30-2)16(27)9-13/h3-9,15,27H,10-11H2,1-2H3,(H,24,28)/t15-/m1/s1. The van der Waals surface area contributed by atoms with Crippen LogP contribution in [0.15, 0.2) is 52.4 Å². The van der Waals surface area contributed by atoms with Crippen molar-refractivity contribution in [3.8, 4) is 11.5 Å². The topological polar surface area (TPSA) is 93.5 Å².